The Morgan fingerprint density at radius 1 is 0.618 bits per heavy atom. The van der Waals surface area contributed by atoms with Gasteiger partial charge in [-0.1, -0.05) is 134 Å². The van der Waals surface area contributed by atoms with Gasteiger partial charge >= 0.3 is 6.16 Å². The lowest BCUT2D eigenvalue weighted by Gasteiger charge is -2.14. The zero-order chi connectivity index (χ0) is 39.5. The van der Waals surface area contributed by atoms with E-state index in [1.54, 1.807) is 0 Å². The van der Waals surface area contributed by atoms with Crippen molar-refractivity contribution in [3.8, 4) is 17.2 Å². The van der Waals surface area contributed by atoms with Crippen molar-refractivity contribution in [3.63, 3.8) is 0 Å². The molecule has 2 amide bonds. The number of nitrogens with zero attached hydrogens (tertiary/aromatic N) is 2. The van der Waals surface area contributed by atoms with Crippen LogP contribution < -0.4 is 14.2 Å². The van der Waals surface area contributed by atoms with Gasteiger partial charge in [0, 0.05) is 25.0 Å². The van der Waals surface area contributed by atoms with Gasteiger partial charge in [-0.2, -0.15) is 0 Å². The first-order valence-corrected chi connectivity index (χ1v) is 20.8. The third-order valence-corrected chi connectivity index (χ3v) is 9.64. The van der Waals surface area contributed by atoms with E-state index in [2.05, 4.69) is 13.8 Å². The molecule has 0 aromatic heterocycles. The van der Waals surface area contributed by atoms with Crippen LogP contribution in [0.4, 0.5) is 10.5 Å². The summed E-state index contributed by atoms with van der Waals surface area (Å²) in [5.41, 5.74) is 0.560. The molecule has 0 bridgehead atoms. The quantitative estimate of drug-likeness (QED) is 0.0239. The van der Waals surface area contributed by atoms with E-state index in [9.17, 15) is 24.5 Å². The Balaban J connectivity index is 1.54. The smallest absolute Gasteiger partial charge is 0.493 e. The summed E-state index contributed by atoms with van der Waals surface area (Å²) < 4.78 is 23.4. The number of hydrogen-bond acceptors (Lipinski definition) is 10. The molecule has 1 aliphatic heterocycles. The number of hydrogen-bond donors (Lipinski definition) is 0. The Labute approximate surface area is 327 Å². The number of benzene rings is 2. The van der Waals surface area contributed by atoms with Gasteiger partial charge in [-0.3, -0.25) is 24.5 Å². The Bertz CT molecular complexity index is 1390. The molecular weight excluding hydrogens is 704 g/mol. The van der Waals surface area contributed by atoms with Gasteiger partial charge in [-0.15, -0.1) is 0 Å². The fourth-order valence-electron chi connectivity index (χ4n) is 6.45. The van der Waals surface area contributed by atoms with Gasteiger partial charge in [0.25, 0.3) is 17.5 Å². The van der Waals surface area contributed by atoms with E-state index < -0.39 is 29.5 Å². The lowest BCUT2D eigenvalue weighted by atomic mass is 10.1. The SMILES string of the molecule is CCCCCCCCCCCCOc1cc(COc2ccc([N+](=O)[O-])c(COC(=O)ON3C(=O)CCC3=O)c2)cc(OCCCCCCCCCCCC)c1. The van der Waals surface area contributed by atoms with E-state index in [-0.39, 0.29) is 30.7 Å². The minimum absolute atomic E-state index is 0.0487. The molecule has 2 aromatic rings. The molecule has 0 radical (unpaired) electrons. The summed E-state index contributed by atoms with van der Waals surface area (Å²) in [6.45, 7) is 5.28. The Morgan fingerprint density at radius 3 is 1.56 bits per heavy atom. The largest absolute Gasteiger partial charge is 0.534 e. The molecule has 0 spiro atoms. The van der Waals surface area contributed by atoms with E-state index in [1.165, 1.54) is 121 Å². The van der Waals surface area contributed by atoms with Crippen molar-refractivity contribution < 1.29 is 43.1 Å². The van der Waals surface area contributed by atoms with Gasteiger partial charge in [0.15, 0.2) is 0 Å². The van der Waals surface area contributed by atoms with E-state index in [1.807, 2.05) is 18.2 Å². The third kappa shape index (κ3) is 18.7. The van der Waals surface area contributed by atoms with Crippen molar-refractivity contribution in [3.05, 3.63) is 57.6 Å². The lowest BCUT2D eigenvalue weighted by Crippen LogP contribution is -2.32. The second-order valence-corrected chi connectivity index (χ2v) is 14.4. The van der Waals surface area contributed by atoms with Gasteiger partial charge in [0.05, 0.1) is 23.7 Å². The highest BCUT2D eigenvalue weighted by Crippen LogP contribution is 2.28. The van der Waals surface area contributed by atoms with Crippen molar-refractivity contribution >= 4 is 23.7 Å². The fourth-order valence-corrected chi connectivity index (χ4v) is 6.45. The second-order valence-electron chi connectivity index (χ2n) is 14.4. The van der Waals surface area contributed by atoms with Gasteiger partial charge in [0.2, 0.25) is 0 Å². The number of hydroxylamine groups is 2. The van der Waals surface area contributed by atoms with Crippen LogP contribution in [-0.2, 0) is 32.4 Å². The summed E-state index contributed by atoms with van der Waals surface area (Å²) in [6, 6.07) is 9.88. The van der Waals surface area contributed by atoms with Gasteiger partial charge in [0.1, 0.15) is 30.5 Å². The molecule has 0 atom stereocenters. The number of rotatable bonds is 31. The number of unbranched alkanes of at least 4 members (excludes halogenated alkanes) is 18. The predicted molar refractivity (Wildman–Crippen MR) is 211 cm³/mol. The number of amides is 2. The van der Waals surface area contributed by atoms with Crippen LogP contribution in [0.1, 0.15) is 166 Å². The van der Waals surface area contributed by atoms with Crippen molar-refractivity contribution in [1.82, 2.24) is 5.06 Å². The highest BCUT2D eigenvalue weighted by molar-refractivity contribution is 6.01. The van der Waals surface area contributed by atoms with Crippen molar-refractivity contribution in [2.24, 2.45) is 0 Å². The minimum atomic E-state index is -1.33. The molecule has 0 N–H and O–H groups in total. The zero-order valence-electron chi connectivity index (χ0n) is 33.3. The maximum absolute atomic E-state index is 12.2. The first-order chi connectivity index (χ1) is 26.8. The molecule has 0 aliphatic carbocycles. The molecule has 2 aromatic carbocycles. The van der Waals surface area contributed by atoms with Crippen LogP contribution in [0.15, 0.2) is 36.4 Å². The molecule has 1 fully saturated rings. The van der Waals surface area contributed by atoms with Crippen molar-refractivity contribution in [1.29, 1.82) is 0 Å². The maximum Gasteiger partial charge on any atom is 0.534 e. The van der Waals surface area contributed by atoms with E-state index in [0.717, 1.165) is 31.2 Å². The summed E-state index contributed by atoms with van der Waals surface area (Å²) in [5, 5.41) is 12.0. The van der Waals surface area contributed by atoms with E-state index in [0.29, 0.717) is 35.5 Å². The van der Waals surface area contributed by atoms with Gasteiger partial charge in [-0.05, 0) is 42.7 Å². The molecule has 12 nitrogen and oxygen atoms in total. The molecule has 0 saturated carbocycles. The normalized spacial score (nSPS) is 12.6. The summed E-state index contributed by atoms with van der Waals surface area (Å²) in [5.74, 6) is 0.377. The molecule has 3 rings (SSSR count). The van der Waals surface area contributed by atoms with E-state index >= 15 is 0 Å². The molecule has 1 heterocycles. The average molecular weight is 769 g/mol. The highest BCUT2D eigenvalue weighted by atomic mass is 16.8. The highest BCUT2D eigenvalue weighted by Gasteiger charge is 2.33. The molecule has 55 heavy (non-hydrogen) atoms. The summed E-state index contributed by atoms with van der Waals surface area (Å²) in [4.78, 5) is 51.5. The van der Waals surface area contributed by atoms with Crippen LogP contribution >= 0.6 is 0 Å². The number of imide groups is 1. The van der Waals surface area contributed by atoms with Crippen molar-refractivity contribution in [2.45, 2.75) is 168 Å². The molecule has 306 valence electrons. The number of carbonyl (C=O) groups is 3. The van der Waals surface area contributed by atoms with E-state index in [4.69, 9.17) is 23.8 Å². The van der Waals surface area contributed by atoms with Crippen LogP contribution in [0.2, 0.25) is 0 Å². The molecule has 1 saturated heterocycles. The zero-order valence-corrected chi connectivity index (χ0v) is 33.3. The van der Waals surface area contributed by atoms with Crippen LogP contribution in [0.5, 0.6) is 17.2 Å². The Morgan fingerprint density at radius 2 is 1.09 bits per heavy atom. The molecule has 0 unspecified atom stereocenters. The first-order valence-electron chi connectivity index (χ1n) is 20.8. The summed E-state index contributed by atoms with van der Waals surface area (Å²) >= 11 is 0. The van der Waals surface area contributed by atoms with Crippen molar-refractivity contribution in [2.75, 3.05) is 13.2 Å². The number of nitro groups is 1. The second kappa shape index (κ2) is 27.3. The number of nitro benzene ring substituents is 1. The van der Waals surface area contributed by atoms with Gasteiger partial charge < -0.3 is 18.9 Å². The average Bonchev–Trinajstić information content (AvgIpc) is 3.49. The summed E-state index contributed by atoms with van der Waals surface area (Å²) in [7, 11) is 0. The molecule has 12 heteroatoms. The molecular formula is C43H64N2O10. The summed E-state index contributed by atoms with van der Waals surface area (Å²) in [6.07, 6.45) is 23.5. The maximum atomic E-state index is 12.2. The van der Waals surface area contributed by atoms with Crippen LogP contribution in [0, 0.1) is 10.1 Å². The fraction of sp³-hybridized carbons (Fsp3) is 0.651. The number of carbonyl (C=O) groups excluding carboxylic acids is 3. The van der Waals surface area contributed by atoms with Crippen LogP contribution in [-0.4, -0.2) is 41.2 Å². The van der Waals surface area contributed by atoms with Crippen LogP contribution in [0.3, 0.4) is 0 Å². The molecule has 1 aliphatic rings. The Kier molecular flexibility index (Phi) is 22.3. The monoisotopic (exact) mass is 768 g/mol. The Hall–Kier alpha value is -4.35. The third-order valence-electron chi connectivity index (χ3n) is 9.64. The predicted octanol–water partition coefficient (Wildman–Crippen LogP) is 11.5. The topological polar surface area (TPSA) is 144 Å². The number of ether oxygens (including phenoxy) is 4. The van der Waals surface area contributed by atoms with Crippen LogP contribution in [0.25, 0.3) is 0 Å². The first kappa shape index (κ1) is 45.0. The van der Waals surface area contributed by atoms with Gasteiger partial charge in [-0.25, -0.2) is 4.79 Å². The standard InChI is InChI=1S/C43H64N2O10/c1-3-5-7-9-11-13-15-17-19-21-27-51-38-29-35(30-39(32-38)52-28-22-20-18-16-14-12-10-8-6-4-2)33-53-37-23-24-40(45(49)50)36(31-37)34-54-43(48)55-44-41(46)25-26-42(44)47/h23-24,29-32H,3-22,25-28,33-34H2,1-2H3. The minimum Gasteiger partial charge on any atom is -0.493 e. The lowest BCUT2D eigenvalue weighted by molar-refractivity contribution is -0.385.